The molecule has 1 aliphatic heterocycles. The normalized spacial score (nSPS) is 18.9. The molecular formula is C15H18ClNO2. The first-order valence-corrected chi connectivity index (χ1v) is 6.25. The number of hydrogen-bond donors (Lipinski definition) is 1. The fourth-order valence-electron chi connectivity index (χ4n) is 2.37. The molecule has 3 nitrogen and oxygen atoms in total. The van der Waals surface area contributed by atoms with E-state index < -0.39 is 0 Å². The predicted molar refractivity (Wildman–Crippen MR) is 79.3 cm³/mol. The van der Waals surface area contributed by atoms with E-state index in [-0.39, 0.29) is 12.4 Å². The topological polar surface area (TPSA) is 30.5 Å². The van der Waals surface area contributed by atoms with E-state index in [4.69, 9.17) is 9.47 Å². The van der Waals surface area contributed by atoms with E-state index >= 15 is 0 Å². The van der Waals surface area contributed by atoms with Crippen LogP contribution in [-0.4, -0.2) is 26.9 Å². The van der Waals surface area contributed by atoms with Crippen LogP contribution in [0.15, 0.2) is 36.4 Å². The molecule has 1 atom stereocenters. The molecule has 0 amide bonds. The first kappa shape index (κ1) is 14.1. The van der Waals surface area contributed by atoms with Crippen molar-refractivity contribution < 1.29 is 9.47 Å². The van der Waals surface area contributed by atoms with Gasteiger partial charge >= 0.3 is 0 Å². The number of fused-ring (bicyclic) bond motifs is 1. The number of rotatable bonds is 2. The Labute approximate surface area is 119 Å². The van der Waals surface area contributed by atoms with Crippen molar-refractivity contribution >= 4 is 23.2 Å². The van der Waals surface area contributed by atoms with Gasteiger partial charge in [0.1, 0.15) is 5.75 Å². The summed E-state index contributed by atoms with van der Waals surface area (Å²) in [6, 6.07) is 13.0. The summed E-state index contributed by atoms with van der Waals surface area (Å²) in [4.78, 5) is 0. The smallest absolute Gasteiger partial charge is 0.119 e. The van der Waals surface area contributed by atoms with Crippen molar-refractivity contribution in [2.75, 3.05) is 26.9 Å². The van der Waals surface area contributed by atoms with Gasteiger partial charge in [-0.3, -0.25) is 0 Å². The number of methoxy groups -OCH3 is 1. The van der Waals surface area contributed by atoms with Gasteiger partial charge in [0, 0.05) is 6.54 Å². The highest BCUT2D eigenvalue weighted by molar-refractivity contribution is 5.85. The molecule has 1 fully saturated rings. The van der Waals surface area contributed by atoms with Crippen LogP contribution in [0.4, 0.5) is 0 Å². The average Bonchev–Trinajstić information content (AvgIpc) is 2.47. The Kier molecular flexibility index (Phi) is 4.64. The van der Waals surface area contributed by atoms with E-state index in [9.17, 15) is 0 Å². The minimum absolute atomic E-state index is 0. The van der Waals surface area contributed by atoms with E-state index in [1.807, 2.05) is 6.07 Å². The summed E-state index contributed by atoms with van der Waals surface area (Å²) in [7, 11) is 1.69. The SMILES string of the molecule is COc1ccc2cc([C@@H]3COCCN3)ccc2c1.Cl. The summed E-state index contributed by atoms with van der Waals surface area (Å²) < 4.78 is 10.7. The summed E-state index contributed by atoms with van der Waals surface area (Å²) in [5.41, 5.74) is 1.28. The first-order valence-electron chi connectivity index (χ1n) is 6.25. The third-order valence-electron chi connectivity index (χ3n) is 3.40. The molecule has 2 aromatic rings. The Morgan fingerprint density at radius 1 is 1.16 bits per heavy atom. The van der Waals surface area contributed by atoms with Crippen molar-refractivity contribution in [3.05, 3.63) is 42.0 Å². The van der Waals surface area contributed by atoms with Gasteiger partial charge in [-0.25, -0.2) is 0 Å². The molecule has 4 heteroatoms. The minimum Gasteiger partial charge on any atom is -0.497 e. The molecule has 0 spiro atoms. The van der Waals surface area contributed by atoms with E-state index in [2.05, 4.69) is 35.6 Å². The number of halogens is 1. The van der Waals surface area contributed by atoms with Gasteiger partial charge in [-0.05, 0) is 34.5 Å². The van der Waals surface area contributed by atoms with Crippen LogP contribution in [0.2, 0.25) is 0 Å². The van der Waals surface area contributed by atoms with E-state index in [0.717, 1.165) is 25.5 Å². The number of hydrogen-bond acceptors (Lipinski definition) is 3. The lowest BCUT2D eigenvalue weighted by Gasteiger charge is -2.24. The third kappa shape index (κ3) is 3.00. The van der Waals surface area contributed by atoms with Crippen molar-refractivity contribution in [1.82, 2.24) is 5.32 Å². The maximum atomic E-state index is 5.50. The van der Waals surface area contributed by atoms with Crippen LogP contribution >= 0.6 is 12.4 Å². The first-order chi connectivity index (χ1) is 8.86. The maximum absolute atomic E-state index is 5.50. The summed E-state index contributed by atoms with van der Waals surface area (Å²) >= 11 is 0. The zero-order chi connectivity index (χ0) is 12.4. The molecule has 0 saturated carbocycles. The van der Waals surface area contributed by atoms with Crippen molar-refractivity contribution in [2.24, 2.45) is 0 Å². The molecule has 2 aromatic carbocycles. The molecule has 1 heterocycles. The number of morpholine rings is 1. The van der Waals surface area contributed by atoms with Crippen LogP contribution in [0, 0.1) is 0 Å². The number of nitrogens with one attached hydrogen (secondary N) is 1. The summed E-state index contributed by atoms with van der Waals surface area (Å²) in [6.45, 7) is 2.48. The Bertz CT molecular complexity index is 553. The molecule has 0 bridgehead atoms. The van der Waals surface area contributed by atoms with Crippen LogP contribution in [0.3, 0.4) is 0 Å². The molecule has 0 aliphatic carbocycles. The lowest BCUT2D eigenvalue weighted by atomic mass is 10.0. The molecule has 0 aromatic heterocycles. The predicted octanol–water partition coefficient (Wildman–Crippen LogP) is 2.93. The maximum Gasteiger partial charge on any atom is 0.119 e. The largest absolute Gasteiger partial charge is 0.497 e. The fraction of sp³-hybridized carbons (Fsp3) is 0.333. The van der Waals surface area contributed by atoms with Crippen molar-refractivity contribution in [3.8, 4) is 5.75 Å². The highest BCUT2D eigenvalue weighted by atomic mass is 35.5. The summed E-state index contributed by atoms with van der Waals surface area (Å²) in [5.74, 6) is 0.898. The second kappa shape index (κ2) is 6.24. The van der Waals surface area contributed by atoms with Crippen LogP contribution in [0.1, 0.15) is 11.6 Å². The highest BCUT2D eigenvalue weighted by Crippen LogP contribution is 2.25. The van der Waals surface area contributed by atoms with Crippen molar-refractivity contribution in [2.45, 2.75) is 6.04 Å². The molecule has 1 N–H and O–H groups in total. The molecule has 102 valence electrons. The second-order valence-electron chi connectivity index (χ2n) is 4.55. The van der Waals surface area contributed by atoms with Gasteiger partial charge in [-0.1, -0.05) is 18.2 Å². The Hall–Kier alpha value is -1.29. The van der Waals surface area contributed by atoms with Crippen LogP contribution in [0.5, 0.6) is 5.75 Å². The molecule has 19 heavy (non-hydrogen) atoms. The van der Waals surface area contributed by atoms with E-state index in [0.29, 0.717) is 6.04 Å². The fourth-order valence-corrected chi connectivity index (χ4v) is 2.37. The Balaban J connectivity index is 0.00000133. The summed E-state index contributed by atoms with van der Waals surface area (Å²) in [6.07, 6.45) is 0. The third-order valence-corrected chi connectivity index (χ3v) is 3.40. The Morgan fingerprint density at radius 2 is 1.95 bits per heavy atom. The Morgan fingerprint density at radius 3 is 2.68 bits per heavy atom. The molecule has 1 aliphatic rings. The van der Waals surface area contributed by atoms with Gasteiger partial charge in [0.15, 0.2) is 0 Å². The average molecular weight is 280 g/mol. The second-order valence-corrected chi connectivity index (χ2v) is 4.55. The van der Waals surface area contributed by atoms with Crippen LogP contribution in [0.25, 0.3) is 10.8 Å². The molecule has 1 saturated heterocycles. The monoisotopic (exact) mass is 279 g/mol. The molecule has 3 rings (SSSR count). The lowest BCUT2D eigenvalue weighted by molar-refractivity contribution is 0.0769. The molecule has 0 radical (unpaired) electrons. The van der Waals surface area contributed by atoms with Gasteiger partial charge in [-0.15, -0.1) is 12.4 Å². The molecule has 0 unspecified atom stereocenters. The van der Waals surface area contributed by atoms with Gasteiger partial charge in [0.05, 0.1) is 26.4 Å². The van der Waals surface area contributed by atoms with Gasteiger partial charge in [-0.2, -0.15) is 0 Å². The summed E-state index contributed by atoms with van der Waals surface area (Å²) in [5, 5.41) is 5.91. The van der Waals surface area contributed by atoms with Crippen LogP contribution in [-0.2, 0) is 4.74 Å². The molecular weight excluding hydrogens is 262 g/mol. The highest BCUT2D eigenvalue weighted by Gasteiger charge is 2.15. The van der Waals surface area contributed by atoms with Gasteiger partial charge in [0.2, 0.25) is 0 Å². The van der Waals surface area contributed by atoms with E-state index in [1.54, 1.807) is 7.11 Å². The zero-order valence-corrected chi connectivity index (χ0v) is 11.7. The quantitative estimate of drug-likeness (QED) is 0.917. The van der Waals surface area contributed by atoms with Crippen molar-refractivity contribution in [1.29, 1.82) is 0 Å². The van der Waals surface area contributed by atoms with Crippen LogP contribution < -0.4 is 10.1 Å². The standard InChI is InChI=1S/C15H17NO2.ClH/c1-17-14-5-4-11-8-13(3-2-12(11)9-14)15-10-18-7-6-16-15;/h2-5,8-9,15-16H,6-7,10H2,1H3;1H/t15-;/m0./s1. The minimum atomic E-state index is 0. The number of ether oxygens (including phenoxy) is 2. The van der Waals surface area contributed by atoms with Gasteiger partial charge in [0.25, 0.3) is 0 Å². The zero-order valence-electron chi connectivity index (χ0n) is 10.9. The number of benzene rings is 2. The van der Waals surface area contributed by atoms with E-state index in [1.165, 1.54) is 16.3 Å². The van der Waals surface area contributed by atoms with Gasteiger partial charge < -0.3 is 14.8 Å². The van der Waals surface area contributed by atoms with Crippen molar-refractivity contribution in [3.63, 3.8) is 0 Å². The lowest BCUT2D eigenvalue weighted by Crippen LogP contribution is -2.34.